The highest BCUT2D eigenvalue weighted by Crippen LogP contribution is 2.20. The zero-order valence-electron chi connectivity index (χ0n) is 12.9. The average molecular weight is 326 g/mol. The lowest BCUT2D eigenvalue weighted by molar-refractivity contribution is 0.0527. The number of H-pyrrole nitrogens is 1. The number of aromatic nitrogens is 1. The van der Waals surface area contributed by atoms with Gasteiger partial charge in [-0.3, -0.25) is 4.79 Å². The van der Waals surface area contributed by atoms with Crippen molar-refractivity contribution in [3.63, 3.8) is 0 Å². The first-order valence-corrected chi connectivity index (χ1v) is 7.44. The molecular weight excluding hydrogens is 311 g/mol. The average Bonchev–Trinajstić information content (AvgIpc) is 2.98. The molecule has 0 spiro atoms. The minimum atomic E-state index is -0.507. The van der Waals surface area contributed by atoms with Gasteiger partial charge in [0, 0.05) is 10.9 Å². The van der Waals surface area contributed by atoms with Crippen molar-refractivity contribution in [3.05, 3.63) is 65.6 Å². The molecule has 24 heavy (non-hydrogen) atoms. The molecule has 2 N–H and O–H groups in total. The first-order chi connectivity index (χ1) is 11.6. The van der Waals surface area contributed by atoms with Crippen molar-refractivity contribution < 1.29 is 18.7 Å². The van der Waals surface area contributed by atoms with Gasteiger partial charge in [0.1, 0.15) is 11.5 Å². The van der Waals surface area contributed by atoms with Crippen molar-refractivity contribution in [2.45, 2.75) is 6.92 Å². The minimum Gasteiger partial charge on any atom is -0.462 e. The van der Waals surface area contributed by atoms with E-state index in [1.165, 1.54) is 12.1 Å². The molecule has 3 aromatic rings. The zero-order chi connectivity index (χ0) is 17.1. The van der Waals surface area contributed by atoms with Gasteiger partial charge in [0.15, 0.2) is 0 Å². The summed E-state index contributed by atoms with van der Waals surface area (Å²) in [6.45, 7) is 1.96. The maximum Gasteiger partial charge on any atom is 0.340 e. The van der Waals surface area contributed by atoms with E-state index in [0.717, 1.165) is 5.39 Å². The number of esters is 1. The van der Waals surface area contributed by atoms with Crippen LogP contribution in [0.1, 0.15) is 27.8 Å². The number of hydrogen-bond donors (Lipinski definition) is 2. The molecule has 1 amide bonds. The molecule has 0 saturated heterocycles. The van der Waals surface area contributed by atoms with Gasteiger partial charge in [0.05, 0.1) is 17.9 Å². The summed E-state index contributed by atoms with van der Waals surface area (Å²) in [5, 5.41) is 3.40. The summed E-state index contributed by atoms with van der Waals surface area (Å²) < 4.78 is 18.2. The summed E-state index contributed by atoms with van der Waals surface area (Å²) in [6.07, 6.45) is 0. The Balaban J connectivity index is 1.87. The number of ether oxygens (including phenoxy) is 1. The zero-order valence-corrected chi connectivity index (χ0v) is 12.9. The van der Waals surface area contributed by atoms with Crippen LogP contribution in [0, 0.1) is 5.82 Å². The number of halogens is 1. The molecule has 3 rings (SSSR count). The molecule has 122 valence electrons. The van der Waals surface area contributed by atoms with Crippen LogP contribution in [0.4, 0.5) is 10.1 Å². The molecular formula is C18H15FN2O3. The minimum absolute atomic E-state index is 0.245. The topological polar surface area (TPSA) is 71.2 Å². The lowest BCUT2D eigenvalue weighted by Gasteiger charge is -2.09. The van der Waals surface area contributed by atoms with Crippen LogP contribution in [0.5, 0.6) is 0 Å². The predicted octanol–water partition coefficient (Wildman–Crippen LogP) is 3.74. The molecule has 0 radical (unpaired) electrons. The number of hydrogen-bond acceptors (Lipinski definition) is 3. The molecule has 0 fully saturated rings. The van der Waals surface area contributed by atoms with Gasteiger partial charge < -0.3 is 15.0 Å². The quantitative estimate of drug-likeness (QED) is 0.718. The molecule has 1 heterocycles. The fraction of sp³-hybridized carbons (Fsp3) is 0.111. The highest BCUT2D eigenvalue weighted by molar-refractivity contribution is 6.09. The second kappa shape index (κ2) is 6.54. The molecule has 2 aromatic carbocycles. The first kappa shape index (κ1) is 15.7. The van der Waals surface area contributed by atoms with E-state index in [1.54, 1.807) is 43.3 Å². The maximum absolute atomic E-state index is 13.2. The molecule has 0 aliphatic heterocycles. The van der Waals surface area contributed by atoms with E-state index < -0.39 is 11.9 Å². The number of carbonyl (C=O) groups is 2. The van der Waals surface area contributed by atoms with Crippen LogP contribution in [-0.4, -0.2) is 23.5 Å². The number of para-hydroxylation sites is 1. The Morgan fingerprint density at radius 1 is 1.17 bits per heavy atom. The van der Waals surface area contributed by atoms with E-state index in [2.05, 4.69) is 10.3 Å². The fourth-order valence-electron chi connectivity index (χ4n) is 2.39. The van der Waals surface area contributed by atoms with Gasteiger partial charge in [-0.05, 0) is 43.3 Å². The van der Waals surface area contributed by atoms with E-state index >= 15 is 0 Å². The molecule has 0 saturated carbocycles. The molecule has 0 unspecified atom stereocenters. The van der Waals surface area contributed by atoms with E-state index in [9.17, 15) is 14.0 Å². The summed E-state index contributed by atoms with van der Waals surface area (Å²) >= 11 is 0. The summed E-state index contributed by atoms with van der Waals surface area (Å²) in [6, 6.07) is 12.4. The SMILES string of the molecule is CCOC(=O)c1ccccc1NC(=O)c1cc2ccc(F)cc2[nH]1. The van der Waals surface area contributed by atoms with Gasteiger partial charge >= 0.3 is 5.97 Å². The van der Waals surface area contributed by atoms with Crippen molar-refractivity contribution in [1.29, 1.82) is 0 Å². The summed E-state index contributed by atoms with van der Waals surface area (Å²) in [5.74, 6) is -1.32. The van der Waals surface area contributed by atoms with Crippen molar-refractivity contribution in [3.8, 4) is 0 Å². The Bertz CT molecular complexity index is 918. The Hall–Kier alpha value is -3.15. The molecule has 0 atom stereocenters. The van der Waals surface area contributed by atoms with Crippen LogP contribution in [0.3, 0.4) is 0 Å². The normalized spacial score (nSPS) is 10.6. The third-order valence-electron chi connectivity index (χ3n) is 3.50. The summed E-state index contributed by atoms with van der Waals surface area (Å²) in [4.78, 5) is 27.2. The number of nitrogens with one attached hydrogen (secondary N) is 2. The van der Waals surface area contributed by atoms with E-state index in [-0.39, 0.29) is 23.7 Å². The van der Waals surface area contributed by atoms with Crippen LogP contribution in [-0.2, 0) is 4.74 Å². The van der Waals surface area contributed by atoms with Crippen LogP contribution >= 0.6 is 0 Å². The predicted molar refractivity (Wildman–Crippen MR) is 88.6 cm³/mol. The highest BCUT2D eigenvalue weighted by atomic mass is 19.1. The molecule has 0 bridgehead atoms. The van der Waals surface area contributed by atoms with Gasteiger partial charge in [0.25, 0.3) is 5.91 Å². The number of fused-ring (bicyclic) bond motifs is 1. The summed E-state index contributed by atoms with van der Waals surface area (Å²) in [7, 11) is 0. The van der Waals surface area contributed by atoms with Crippen molar-refractivity contribution in [2.24, 2.45) is 0 Å². The van der Waals surface area contributed by atoms with Crippen molar-refractivity contribution in [1.82, 2.24) is 4.98 Å². The van der Waals surface area contributed by atoms with Crippen molar-refractivity contribution in [2.75, 3.05) is 11.9 Å². The van der Waals surface area contributed by atoms with E-state index in [4.69, 9.17) is 4.74 Å². The second-order valence-electron chi connectivity index (χ2n) is 5.13. The Morgan fingerprint density at radius 3 is 2.75 bits per heavy atom. The van der Waals surface area contributed by atoms with Gasteiger partial charge in [0.2, 0.25) is 0 Å². The Morgan fingerprint density at radius 2 is 1.96 bits per heavy atom. The lowest BCUT2D eigenvalue weighted by Crippen LogP contribution is -2.16. The van der Waals surface area contributed by atoms with E-state index in [0.29, 0.717) is 11.2 Å². The largest absolute Gasteiger partial charge is 0.462 e. The van der Waals surface area contributed by atoms with Gasteiger partial charge in [-0.25, -0.2) is 9.18 Å². The monoisotopic (exact) mass is 326 g/mol. The Labute approximate surface area is 137 Å². The lowest BCUT2D eigenvalue weighted by atomic mass is 10.1. The third-order valence-corrected chi connectivity index (χ3v) is 3.50. The van der Waals surface area contributed by atoms with Crippen LogP contribution in [0.2, 0.25) is 0 Å². The molecule has 0 aliphatic carbocycles. The van der Waals surface area contributed by atoms with Gasteiger partial charge in [-0.15, -0.1) is 0 Å². The number of benzene rings is 2. The van der Waals surface area contributed by atoms with E-state index in [1.807, 2.05) is 0 Å². The van der Waals surface area contributed by atoms with Crippen LogP contribution in [0.15, 0.2) is 48.5 Å². The summed E-state index contributed by atoms with van der Waals surface area (Å²) in [5.41, 5.74) is 1.42. The smallest absolute Gasteiger partial charge is 0.340 e. The van der Waals surface area contributed by atoms with Gasteiger partial charge in [-0.2, -0.15) is 0 Å². The number of anilines is 1. The van der Waals surface area contributed by atoms with Crippen LogP contribution in [0.25, 0.3) is 10.9 Å². The maximum atomic E-state index is 13.2. The number of aromatic amines is 1. The molecule has 6 heteroatoms. The Kier molecular flexibility index (Phi) is 4.29. The standard InChI is InChI=1S/C18H15FN2O3/c1-2-24-18(23)13-5-3-4-6-14(13)21-17(22)16-9-11-7-8-12(19)10-15(11)20-16/h3-10,20H,2H2,1H3,(H,21,22). The first-order valence-electron chi connectivity index (χ1n) is 7.44. The van der Waals surface area contributed by atoms with Crippen molar-refractivity contribution >= 4 is 28.5 Å². The molecule has 5 nitrogen and oxygen atoms in total. The van der Waals surface area contributed by atoms with Crippen LogP contribution < -0.4 is 5.32 Å². The third kappa shape index (κ3) is 3.12. The molecule has 0 aliphatic rings. The second-order valence-corrected chi connectivity index (χ2v) is 5.13. The highest BCUT2D eigenvalue weighted by Gasteiger charge is 2.16. The number of carbonyl (C=O) groups excluding carboxylic acids is 2. The van der Waals surface area contributed by atoms with Gasteiger partial charge in [-0.1, -0.05) is 12.1 Å². The number of rotatable bonds is 4. The molecule has 1 aromatic heterocycles. The fourth-order valence-corrected chi connectivity index (χ4v) is 2.39. The number of amides is 1.